The molecule has 9 heteroatoms. The zero-order valence-electron chi connectivity index (χ0n) is 12.7. The smallest absolute Gasteiger partial charge is 0.326 e. The molecule has 0 aliphatic rings. The minimum atomic E-state index is -1.29. The van der Waals surface area contributed by atoms with Crippen LogP contribution in [-0.2, 0) is 25.6 Å². The number of carbonyl (C=O) groups is 4. The van der Waals surface area contributed by atoms with Crippen LogP contribution in [0.3, 0.4) is 0 Å². The Bertz CT molecular complexity index is 587. The summed E-state index contributed by atoms with van der Waals surface area (Å²) in [4.78, 5) is 45.4. The summed E-state index contributed by atoms with van der Waals surface area (Å²) in [5.74, 6) is -4.58. The van der Waals surface area contributed by atoms with E-state index in [2.05, 4.69) is 5.32 Å². The average Bonchev–Trinajstić information content (AvgIpc) is 2.45. The molecule has 1 amide bonds. The number of benzene rings is 1. The van der Waals surface area contributed by atoms with E-state index in [-0.39, 0.29) is 6.42 Å². The van der Waals surface area contributed by atoms with Gasteiger partial charge in [0.15, 0.2) is 0 Å². The molecule has 0 aliphatic heterocycles. The number of carbonyl (C=O) groups excluding carboxylic acids is 1. The van der Waals surface area contributed by atoms with E-state index in [0.29, 0.717) is 5.56 Å². The van der Waals surface area contributed by atoms with E-state index in [1.54, 1.807) is 30.3 Å². The summed E-state index contributed by atoms with van der Waals surface area (Å²) >= 11 is 0. The summed E-state index contributed by atoms with van der Waals surface area (Å²) in [6, 6.07) is 7.46. The van der Waals surface area contributed by atoms with E-state index in [1.165, 1.54) is 0 Å². The Kier molecular flexibility index (Phi) is 7.37. The number of hydrogen-bond donors (Lipinski definition) is 4. The highest BCUT2D eigenvalue weighted by molar-refractivity contribution is 5.85. The minimum Gasteiger partial charge on any atom is -0.480 e. The normalized spacial score (nSPS) is 11.7. The molecule has 0 fully saturated rings. The zero-order valence-corrected chi connectivity index (χ0v) is 12.7. The average molecular weight is 338 g/mol. The van der Waals surface area contributed by atoms with Gasteiger partial charge in [0.25, 0.3) is 0 Å². The van der Waals surface area contributed by atoms with Gasteiger partial charge in [-0.3, -0.25) is 19.3 Å². The van der Waals surface area contributed by atoms with E-state index in [0.717, 1.165) is 4.90 Å². The number of rotatable bonds is 10. The van der Waals surface area contributed by atoms with Gasteiger partial charge >= 0.3 is 17.9 Å². The molecule has 0 bridgehead atoms. The van der Waals surface area contributed by atoms with Gasteiger partial charge in [0, 0.05) is 6.42 Å². The SMILES string of the molecule is O=C(O)CN(CC(=O)O)CC(=O)N[C@@H](Cc1ccccc1)C(=O)O. The highest BCUT2D eigenvalue weighted by Crippen LogP contribution is 2.03. The molecule has 0 aromatic heterocycles. The van der Waals surface area contributed by atoms with Crippen LogP contribution in [0, 0.1) is 0 Å². The van der Waals surface area contributed by atoms with E-state index in [4.69, 9.17) is 10.2 Å². The van der Waals surface area contributed by atoms with Crippen LogP contribution < -0.4 is 5.32 Å². The second-order valence-corrected chi connectivity index (χ2v) is 5.08. The van der Waals surface area contributed by atoms with Gasteiger partial charge in [0.1, 0.15) is 6.04 Å². The summed E-state index contributed by atoms with van der Waals surface area (Å²) in [7, 11) is 0. The first-order chi connectivity index (χ1) is 11.3. The number of carboxylic acid groups (broad SMARTS) is 3. The molecular formula is C15H18N2O7. The van der Waals surface area contributed by atoms with Crippen molar-refractivity contribution in [3.05, 3.63) is 35.9 Å². The molecule has 24 heavy (non-hydrogen) atoms. The van der Waals surface area contributed by atoms with E-state index >= 15 is 0 Å². The summed E-state index contributed by atoms with van der Waals surface area (Å²) in [6.45, 7) is -1.82. The molecule has 1 rings (SSSR count). The Balaban J connectivity index is 2.67. The maximum absolute atomic E-state index is 11.9. The van der Waals surface area contributed by atoms with E-state index in [9.17, 15) is 24.3 Å². The highest BCUT2D eigenvalue weighted by Gasteiger charge is 2.23. The lowest BCUT2D eigenvalue weighted by atomic mass is 10.1. The molecule has 130 valence electrons. The molecule has 1 aromatic carbocycles. The predicted octanol–water partition coefficient (Wildman–Crippen LogP) is -0.730. The van der Waals surface area contributed by atoms with Gasteiger partial charge in [-0.1, -0.05) is 30.3 Å². The van der Waals surface area contributed by atoms with Crippen molar-refractivity contribution in [2.45, 2.75) is 12.5 Å². The molecule has 4 N–H and O–H groups in total. The third-order valence-corrected chi connectivity index (χ3v) is 3.00. The lowest BCUT2D eigenvalue weighted by molar-refractivity contribution is -0.145. The van der Waals surface area contributed by atoms with Crippen LogP contribution in [0.4, 0.5) is 0 Å². The number of hydrogen-bond acceptors (Lipinski definition) is 5. The molecular weight excluding hydrogens is 320 g/mol. The Morgan fingerprint density at radius 3 is 1.92 bits per heavy atom. The molecule has 1 aromatic rings. The fraction of sp³-hybridized carbons (Fsp3) is 0.333. The van der Waals surface area contributed by atoms with Crippen LogP contribution in [0.5, 0.6) is 0 Å². The van der Waals surface area contributed by atoms with Crippen molar-refractivity contribution in [2.24, 2.45) is 0 Å². The summed E-state index contributed by atoms with van der Waals surface area (Å²) in [5, 5.41) is 28.9. The van der Waals surface area contributed by atoms with Gasteiger partial charge in [-0.25, -0.2) is 4.79 Å². The van der Waals surface area contributed by atoms with Gasteiger partial charge in [-0.05, 0) is 5.56 Å². The molecule has 9 nitrogen and oxygen atoms in total. The fourth-order valence-corrected chi connectivity index (χ4v) is 2.04. The fourth-order valence-electron chi connectivity index (χ4n) is 2.04. The predicted molar refractivity (Wildman–Crippen MR) is 81.4 cm³/mol. The minimum absolute atomic E-state index is 0.0553. The van der Waals surface area contributed by atoms with Crippen LogP contribution in [0.2, 0.25) is 0 Å². The Hall–Kier alpha value is -2.94. The van der Waals surface area contributed by atoms with Gasteiger partial charge < -0.3 is 20.6 Å². The highest BCUT2D eigenvalue weighted by atomic mass is 16.4. The van der Waals surface area contributed by atoms with Crippen LogP contribution in [0.1, 0.15) is 5.56 Å². The van der Waals surface area contributed by atoms with Crippen LogP contribution in [0.15, 0.2) is 30.3 Å². The largest absolute Gasteiger partial charge is 0.480 e. The molecule has 0 saturated carbocycles. The Labute approximate surface area is 137 Å². The lowest BCUT2D eigenvalue weighted by Crippen LogP contribution is -2.48. The van der Waals surface area contributed by atoms with Crippen LogP contribution >= 0.6 is 0 Å². The van der Waals surface area contributed by atoms with Crippen molar-refractivity contribution < 1.29 is 34.5 Å². The first kappa shape index (κ1) is 19.1. The van der Waals surface area contributed by atoms with Crippen molar-refractivity contribution in [3.8, 4) is 0 Å². The second kappa shape index (κ2) is 9.26. The number of nitrogens with one attached hydrogen (secondary N) is 1. The zero-order chi connectivity index (χ0) is 18.1. The van der Waals surface area contributed by atoms with Gasteiger partial charge in [0.05, 0.1) is 19.6 Å². The van der Waals surface area contributed by atoms with Gasteiger partial charge in [0.2, 0.25) is 5.91 Å². The van der Waals surface area contributed by atoms with Crippen molar-refractivity contribution in [1.82, 2.24) is 10.2 Å². The van der Waals surface area contributed by atoms with Crippen molar-refractivity contribution in [2.75, 3.05) is 19.6 Å². The van der Waals surface area contributed by atoms with Gasteiger partial charge in [-0.15, -0.1) is 0 Å². The molecule has 0 unspecified atom stereocenters. The lowest BCUT2D eigenvalue weighted by Gasteiger charge is -2.20. The first-order valence-corrected chi connectivity index (χ1v) is 7.00. The monoisotopic (exact) mass is 338 g/mol. The van der Waals surface area contributed by atoms with E-state index < -0.39 is 49.5 Å². The van der Waals surface area contributed by atoms with Crippen LogP contribution in [0.25, 0.3) is 0 Å². The maximum atomic E-state index is 11.9. The molecule has 0 heterocycles. The molecule has 0 spiro atoms. The first-order valence-electron chi connectivity index (χ1n) is 7.00. The van der Waals surface area contributed by atoms with Crippen molar-refractivity contribution >= 4 is 23.8 Å². The Morgan fingerprint density at radius 1 is 0.917 bits per heavy atom. The number of amides is 1. The second-order valence-electron chi connectivity index (χ2n) is 5.08. The van der Waals surface area contributed by atoms with Crippen LogP contribution in [-0.4, -0.2) is 69.7 Å². The third kappa shape index (κ3) is 7.36. The standard InChI is InChI=1S/C15H18N2O7/c18-12(7-17(8-13(19)20)9-14(21)22)16-11(15(23)24)6-10-4-2-1-3-5-10/h1-5,11H,6-9H2,(H,16,18)(H,19,20)(H,21,22)(H,23,24)/t11-/m0/s1. The maximum Gasteiger partial charge on any atom is 0.326 e. The van der Waals surface area contributed by atoms with Gasteiger partial charge in [-0.2, -0.15) is 0 Å². The quantitative estimate of drug-likeness (QED) is 0.437. The Morgan fingerprint density at radius 2 is 1.46 bits per heavy atom. The summed E-state index contributed by atoms with van der Waals surface area (Å²) < 4.78 is 0. The summed E-state index contributed by atoms with van der Waals surface area (Å²) in [6.07, 6.45) is 0.0553. The third-order valence-electron chi connectivity index (χ3n) is 3.00. The topological polar surface area (TPSA) is 144 Å². The van der Waals surface area contributed by atoms with E-state index in [1.807, 2.05) is 0 Å². The molecule has 0 radical (unpaired) electrons. The van der Waals surface area contributed by atoms with Crippen molar-refractivity contribution in [3.63, 3.8) is 0 Å². The van der Waals surface area contributed by atoms with Crippen molar-refractivity contribution in [1.29, 1.82) is 0 Å². The number of nitrogens with zero attached hydrogens (tertiary/aromatic N) is 1. The number of carboxylic acids is 3. The summed E-state index contributed by atoms with van der Waals surface area (Å²) in [5.41, 5.74) is 0.707. The number of aliphatic carboxylic acids is 3. The molecule has 1 atom stereocenters. The molecule has 0 aliphatic carbocycles. The molecule has 0 saturated heterocycles.